The molecule has 0 aliphatic carbocycles. The van der Waals surface area contributed by atoms with Crippen molar-refractivity contribution in [1.82, 2.24) is 0 Å². The molecule has 5 N–H and O–H groups in total. The van der Waals surface area contributed by atoms with Gasteiger partial charge in [-0.1, -0.05) is 12.1 Å². The van der Waals surface area contributed by atoms with Gasteiger partial charge in [0, 0.05) is 6.08 Å². The fourth-order valence-corrected chi connectivity index (χ4v) is 2.73. The van der Waals surface area contributed by atoms with Gasteiger partial charge in [0.15, 0.2) is 6.29 Å². The molecule has 0 bridgehead atoms. The Kier molecular flexibility index (Phi) is 9.78. The quantitative estimate of drug-likeness (QED) is 0.226. The minimum absolute atomic E-state index is 0.0523. The van der Waals surface area contributed by atoms with E-state index < -0.39 is 55.9 Å². The molecule has 1 aromatic carbocycles. The summed E-state index contributed by atoms with van der Waals surface area (Å²) in [6.07, 6.45) is -3.38. The summed E-state index contributed by atoms with van der Waals surface area (Å²) in [5.74, 6) is -1.43. The van der Waals surface area contributed by atoms with Crippen molar-refractivity contribution >= 4 is 18.0 Å². The van der Waals surface area contributed by atoms with Crippen molar-refractivity contribution in [3.8, 4) is 5.75 Å². The van der Waals surface area contributed by atoms with Gasteiger partial charge in [-0.2, -0.15) is 0 Å². The molecule has 32 heavy (non-hydrogen) atoms. The molecule has 2 rings (SSSR count). The third-order valence-corrected chi connectivity index (χ3v) is 4.56. The van der Waals surface area contributed by atoms with Crippen molar-refractivity contribution in [3.63, 3.8) is 0 Å². The van der Waals surface area contributed by atoms with Gasteiger partial charge in [0.25, 0.3) is 0 Å². The highest BCUT2D eigenvalue weighted by atomic mass is 16.7. The number of carbonyl (C=O) groups is 2. The molecule has 1 heterocycles. The standard InChI is InChI=1S/C21H26O11/c1-29-20(28)13(11-31-16(24)7-4-12-2-5-14(23)6-3-12)8-9-30-21-19(27)18(26)17(25)15(10-22)32-21/h2-8,15,17-19,21-23,25-27H,9-11H2,1H3/b7-4+,13-8+/t15-,17-,18+,19-,21-/m1/s1. The molecule has 5 atom stereocenters. The fourth-order valence-electron chi connectivity index (χ4n) is 2.73. The topological polar surface area (TPSA) is 172 Å². The predicted octanol–water partition coefficient (Wildman–Crippen LogP) is -1.14. The first kappa shape index (κ1) is 25.5. The second-order valence-corrected chi connectivity index (χ2v) is 6.78. The van der Waals surface area contributed by atoms with E-state index in [1.807, 2.05) is 0 Å². The normalized spacial score (nSPS) is 26.2. The molecule has 0 aromatic heterocycles. The Labute approximate surface area is 183 Å². The number of hydrogen-bond acceptors (Lipinski definition) is 11. The van der Waals surface area contributed by atoms with E-state index in [1.54, 1.807) is 12.1 Å². The van der Waals surface area contributed by atoms with E-state index in [0.29, 0.717) is 5.56 Å². The van der Waals surface area contributed by atoms with Crippen LogP contribution in [0.5, 0.6) is 5.75 Å². The lowest BCUT2D eigenvalue weighted by Gasteiger charge is -2.39. The number of esters is 2. The lowest BCUT2D eigenvalue weighted by Crippen LogP contribution is -2.59. The van der Waals surface area contributed by atoms with E-state index in [9.17, 15) is 35.1 Å². The number of phenols is 1. The second-order valence-electron chi connectivity index (χ2n) is 6.78. The Morgan fingerprint density at radius 1 is 1.09 bits per heavy atom. The smallest absolute Gasteiger partial charge is 0.336 e. The molecule has 0 unspecified atom stereocenters. The van der Waals surface area contributed by atoms with Crippen molar-refractivity contribution in [3.05, 3.63) is 47.6 Å². The monoisotopic (exact) mass is 454 g/mol. The highest BCUT2D eigenvalue weighted by Gasteiger charge is 2.43. The van der Waals surface area contributed by atoms with Gasteiger partial charge < -0.3 is 44.5 Å². The number of carbonyl (C=O) groups excluding carboxylic acids is 2. The molecular weight excluding hydrogens is 428 g/mol. The number of rotatable bonds is 9. The first-order chi connectivity index (χ1) is 15.3. The zero-order chi connectivity index (χ0) is 23.7. The van der Waals surface area contributed by atoms with Crippen LogP contribution in [-0.2, 0) is 28.5 Å². The van der Waals surface area contributed by atoms with Crippen LogP contribution in [-0.4, -0.2) is 95.1 Å². The summed E-state index contributed by atoms with van der Waals surface area (Å²) >= 11 is 0. The second kappa shape index (κ2) is 12.3. The maximum atomic E-state index is 11.9. The van der Waals surface area contributed by atoms with Gasteiger partial charge in [0.1, 0.15) is 36.8 Å². The van der Waals surface area contributed by atoms with E-state index in [0.717, 1.165) is 13.2 Å². The maximum absolute atomic E-state index is 11.9. The number of phenolic OH excluding ortho intramolecular Hbond substituents is 1. The summed E-state index contributed by atoms with van der Waals surface area (Å²) in [5.41, 5.74) is 0.597. The van der Waals surface area contributed by atoms with Gasteiger partial charge in [0.2, 0.25) is 0 Å². The first-order valence-electron chi connectivity index (χ1n) is 9.60. The number of ether oxygens (including phenoxy) is 4. The molecule has 1 aromatic rings. The molecule has 11 nitrogen and oxygen atoms in total. The van der Waals surface area contributed by atoms with Gasteiger partial charge in [0.05, 0.1) is 25.9 Å². The van der Waals surface area contributed by atoms with Crippen LogP contribution in [0.25, 0.3) is 6.08 Å². The minimum Gasteiger partial charge on any atom is -0.508 e. The van der Waals surface area contributed by atoms with E-state index in [-0.39, 0.29) is 17.9 Å². The van der Waals surface area contributed by atoms with E-state index in [1.165, 1.54) is 24.3 Å². The summed E-state index contributed by atoms with van der Waals surface area (Å²) in [5, 5.41) is 47.9. The molecule has 0 radical (unpaired) electrons. The molecule has 1 aliphatic heterocycles. The van der Waals surface area contributed by atoms with E-state index in [2.05, 4.69) is 4.74 Å². The third-order valence-electron chi connectivity index (χ3n) is 4.56. The first-order valence-corrected chi connectivity index (χ1v) is 9.60. The molecule has 0 spiro atoms. The molecule has 0 amide bonds. The number of aliphatic hydroxyl groups is 4. The SMILES string of the molecule is COC(=O)/C(=C/CO[C@@H]1O[C@H](CO)[C@@H](O)[C@H](O)[C@H]1O)COC(=O)/C=C/c1ccc(O)cc1. The third kappa shape index (κ3) is 7.12. The Bertz CT molecular complexity index is 816. The summed E-state index contributed by atoms with van der Waals surface area (Å²) in [6, 6.07) is 6.10. The Morgan fingerprint density at radius 3 is 2.41 bits per heavy atom. The van der Waals surface area contributed by atoms with Gasteiger partial charge in [-0.15, -0.1) is 0 Å². The van der Waals surface area contributed by atoms with Crippen LogP contribution in [0.2, 0.25) is 0 Å². The highest BCUT2D eigenvalue weighted by Crippen LogP contribution is 2.22. The summed E-state index contributed by atoms with van der Waals surface area (Å²) in [6.45, 7) is -1.33. The van der Waals surface area contributed by atoms with Gasteiger partial charge >= 0.3 is 11.9 Å². The Balaban J connectivity index is 1.92. The molecular formula is C21H26O11. The zero-order valence-electron chi connectivity index (χ0n) is 17.2. The molecule has 0 saturated carbocycles. The average Bonchev–Trinajstić information content (AvgIpc) is 2.80. The lowest BCUT2D eigenvalue weighted by molar-refractivity contribution is -0.298. The van der Waals surface area contributed by atoms with Crippen molar-refractivity contribution < 1.29 is 54.1 Å². The Morgan fingerprint density at radius 2 is 1.78 bits per heavy atom. The Hall–Kier alpha value is -2.80. The summed E-state index contributed by atoms with van der Waals surface area (Å²) in [4.78, 5) is 23.8. The molecule has 1 aliphatic rings. The van der Waals surface area contributed by atoms with Crippen LogP contribution < -0.4 is 0 Å². The largest absolute Gasteiger partial charge is 0.508 e. The van der Waals surface area contributed by atoms with Crippen molar-refractivity contribution in [2.24, 2.45) is 0 Å². The number of methoxy groups -OCH3 is 1. The molecule has 176 valence electrons. The molecule has 1 saturated heterocycles. The summed E-state index contributed by atoms with van der Waals surface area (Å²) < 4.78 is 20.1. The van der Waals surface area contributed by atoms with Gasteiger partial charge in [-0.25, -0.2) is 9.59 Å². The lowest BCUT2D eigenvalue weighted by atomic mass is 9.99. The van der Waals surface area contributed by atoms with Crippen LogP contribution in [0, 0.1) is 0 Å². The van der Waals surface area contributed by atoms with E-state index in [4.69, 9.17) is 14.2 Å². The number of hydrogen-bond donors (Lipinski definition) is 5. The highest BCUT2D eigenvalue weighted by molar-refractivity contribution is 5.90. The van der Waals surface area contributed by atoms with Crippen LogP contribution in [0.4, 0.5) is 0 Å². The number of aliphatic hydroxyl groups excluding tert-OH is 4. The van der Waals surface area contributed by atoms with Crippen LogP contribution >= 0.6 is 0 Å². The van der Waals surface area contributed by atoms with Crippen molar-refractivity contribution in [2.45, 2.75) is 30.7 Å². The molecule has 1 fully saturated rings. The van der Waals surface area contributed by atoms with Gasteiger partial charge in [-0.3, -0.25) is 0 Å². The average molecular weight is 454 g/mol. The maximum Gasteiger partial charge on any atom is 0.336 e. The van der Waals surface area contributed by atoms with Crippen molar-refractivity contribution in [1.29, 1.82) is 0 Å². The van der Waals surface area contributed by atoms with E-state index >= 15 is 0 Å². The predicted molar refractivity (Wildman–Crippen MR) is 108 cm³/mol. The van der Waals surface area contributed by atoms with Crippen LogP contribution in [0.3, 0.4) is 0 Å². The number of aromatic hydroxyl groups is 1. The molecule has 11 heteroatoms. The minimum atomic E-state index is -1.60. The number of benzene rings is 1. The van der Waals surface area contributed by atoms with Crippen LogP contribution in [0.1, 0.15) is 5.56 Å². The fraction of sp³-hybridized carbons (Fsp3) is 0.429. The summed E-state index contributed by atoms with van der Waals surface area (Å²) in [7, 11) is 1.14. The van der Waals surface area contributed by atoms with Crippen molar-refractivity contribution in [2.75, 3.05) is 26.9 Å². The van der Waals surface area contributed by atoms with Gasteiger partial charge in [-0.05, 0) is 29.8 Å². The zero-order valence-corrected chi connectivity index (χ0v) is 17.2. The van der Waals surface area contributed by atoms with Crippen LogP contribution in [0.15, 0.2) is 42.0 Å².